The Morgan fingerprint density at radius 1 is 1.17 bits per heavy atom. The lowest BCUT2D eigenvalue weighted by atomic mass is 9.97. The number of rotatable bonds is 7. The molecule has 0 aliphatic heterocycles. The van der Waals surface area contributed by atoms with Gasteiger partial charge in [-0.1, -0.05) is 0 Å². The van der Waals surface area contributed by atoms with Crippen molar-refractivity contribution in [3.05, 3.63) is 64.6 Å². The van der Waals surface area contributed by atoms with Crippen molar-refractivity contribution < 1.29 is 26.7 Å². The maximum absolute atomic E-state index is 14.8. The molecule has 0 radical (unpaired) electrons. The number of ketones is 1. The summed E-state index contributed by atoms with van der Waals surface area (Å²) in [6.45, 7) is 0.0373. The van der Waals surface area contributed by atoms with E-state index in [-0.39, 0.29) is 41.8 Å². The molecule has 3 rings (SSSR count). The number of nitrogens with one attached hydrogen (secondary N) is 1. The number of nitrogens with two attached hydrogens (primary N) is 1. The Kier molecular flexibility index (Phi) is 6.20. The molecule has 0 saturated carbocycles. The minimum atomic E-state index is -2.24. The second-order valence-corrected chi connectivity index (χ2v) is 6.88. The van der Waals surface area contributed by atoms with Crippen LogP contribution in [0.25, 0.3) is 11.0 Å². The highest BCUT2D eigenvalue weighted by atomic mass is 32.2. The van der Waals surface area contributed by atoms with E-state index in [9.17, 15) is 22.2 Å². The zero-order chi connectivity index (χ0) is 21.1. The Balaban J connectivity index is 1.96. The van der Waals surface area contributed by atoms with Crippen molar-refractivity contribution in [3.63, 3.8) is 0 Å². The third kappa shape index (κ3) is 4.58. The summed E-state index contributed by atoms with van der Waals surface area (Å²) < 4.78 is 64.5. The lowest BCUT2D eigenvalue weighted by molar-refractivity contribution is 0.102. The predicted molar refractivity (Wildman–Crippen MR) is 101 cm³/mol. The molecular formula is C18H15F3N4O3S. The van der Waals surface area contributed by atoms with Gasteiger partial charge in [0.25, 0.3) is 0 Å². The van der Waals surface area contributed by atoms with Crippen molar-refractivity contribution in [1.82, 2.24) is 14.7 Å². The minimum absolute atomic E-state index is 0.0373. The van der Waals surface area contributed by atoms with E-state index in [2.05, 4.69) is 14.7 Å². The van der Waals surface area contributed by atoms with Crippen molar-refractivity contribution in [2.24, 2.45) is 0 Å². The minimum Gasteiger partial charge on any atom is -0.382 e. The number of hydrogen-bond acceptors (Lipinski definition) is 5. The maximum atomic E-state index is 14.8. The SMILES string of the molecule is Nc1cnc2ccc(C(=O)c3c(F)c(F)cc(CCCNS(=O)O)c3F)cc2n1. The number of anilines is 1. The van der Waals surface area contributed by atoms with Gasteiger partial charge in [0, 0.05) is 12.1 Å². The summed E-state index contributed by atoms with van der Waals surface area (Å²) in [4.78, 5) is 20.8. The molecular weight excluding hydrogens is 409 g/mol. The van der Waals surface area contributed by atoms with E-state index >= 15 is 0 Å². The van der Waals surface area contributed by atoms with Crippen molar-refractivity contribution >= 4 is 33.9 Å². The molecule has 1 heterocycles. The van der Waals surface area contributed by atoms with Gasteiger partial charge in [-0.2, -0.15) is 0 Å². The molecule has 0 bridgehead atoms. The van der Waals surface area contributed by atoms with Crippen LogP contribution in [0.1, 0.15) is 27.9 Å². The molecule has 29 heavy (non-hydrogen) atoms. The normalized spacial score (nSPS) is 12.3. The summed E-state index contributed by atoms with van der Waals surface area (Å²) in [5.41, 5.74) is 4.88. The van der Waals surface area contributed by atoms with E-state index in [4.69, 9.17) is 10.3 Å². The van der Waals surface area contributed by atoms with Gasteiger partial charge in [0.2, 0.25) is 11.3 Å². The van der Waals surface area contributed by atoms with Crippen LogP contribution in [-0.2, 0) is 17.7 Å². The lowest BCUT2D eigenvalue weighted by Gasteiger charge is -2.11. The topological polar surface area (TPSA) is 118 Å². The summed E-state index contributed by atoms with van der Waals surface area (Å²) >= 11 is -2.24. The number of benzene rings is 2. The third-order valence-electron chi connectivity index (χ3n) is 4.13. The van der Waals surface area contributed by atoms with Crippen LogP contribution in [0.5, 0.6) is 0 Å². The molecule has 0 saturated heterocycles. The largest absolute Gasteiger partial charge is 0.382 e. The van der Waals surface area contributed by atoms with Gasteiger partial charge >= 0.3 is 0 Å². The van der Waals surface area contributed by atoms with Crippen LogP contribution >= 0.6 is 0 Å². The van der Waals surface area contributed by atoms with Crippen LogP contribution < -0.4 is 10.5 Å². The number of aromatic nitrogens is 2. The molecule has 1 aromatic heterocycles. The standard InChI is InChI=1S/C18H15F3N4O3S/c19-11-6-9(2-1-5-24-29(27)28)16(20)15(17(11)21)18(26)10-3-4-12-13(7-10)25-14(22)8-23-12/h3-4,6-8,24H,1-2,5H2,(H2,22,25)(H,27,28). The van der Waals surface area contributed by atoms with Gasteiger partial charge in [-0.25, -0.2) is 27.1 Å². The Morgan fingerprint density at radius 3 is 2.66 bits per heavy atom. The van der Waals surface area contributed by atoms with Crippen LogP contribution in [0.15, 0.2) is 30.5 Å². The molecule has 0 spiro atoms. The number of nitrogens with zero attached hydrogens (tertiary/aromatic N) is 2. The summed E-state index contributed by atoms with van der Waals surface area (Å²) in [7, 11) is 0. The first-order valence-corrected chi connectivity index (χ1v) is 9.46. The van der Waals surface area contributed by atoms with E-state index in [1.165, 1.54) is 24.4 Å². The Hall–Kier alpha value is -2.89. The second kappa shape index (κ2) is 8.64. The smallest absolute Gasteiger partial charge is 0.231 e. The zero-order valence-corrected chi connectivity index (χ0v) is 15.6. The predicted octanol–water partition coefficient (Wildman–Crippen LogP) is 2.52. The highest BCUT2D eigenvalue weighted by Crippen LogP contribution is 2.25. The number of carbonyl (C=O) groups is 1. The Bertz CT molecular complexity index is 1130. The van der Waals surface area contributed by atoms with E-state index in [1.54, 1.807) is 0 Å². The zero-order valence-electron chi connectivity index (χ0n) is 14.8. The molecule has 0 fully saturated rings. The van der Waals surface area contributed by atoms with Gasteiger partial charge < -0.3 is 5.73 Å². The monoisotopic (exact) mass is 424 g/mol. The second-order valence-electron chi connectivity index (χ2n) is 6.10. The molecule has 1 unspecified atom stereocenters. The fraction of sp³-hybridized carbons (Fsp3) is 0.167. The molecule has 0 aliphatic rings. The molecule has 11 heteroatoms. The van der Waals surface area contributed by atoms with Crippen LogP contribution in [0.3, 0.4) is 0 Å². The summed E-state index contributed by atoms with van der Waals surface area (Å²) in [5, 5.41) is 0. The van der Waals surface area contributed by atoms with E-state index < -0.39 is 40.1 Å². The van der Waals surface area contributed by atoms with Gasteiger partial charge in [-0.3, -0.25) is 14.3 Å². The van der Waals surface area contributed by atoms with Crippen LogP contribution in [0.4, 0.5) is 19.0 Å². The number of halogens is 3. The average molecular weight is 424 g/mol. The third-order valence-corrected chi connectivity index (χ3v) is 4.58. The fourth-order valence-corrected chi connectivity index (χ4v) is 3.11. The number of carbonyl (C=O) groups excluding carboxylic acids is 1. The van der Waals surface area contributed by atoms with Crippen LogP contribution in [0, 0.1) is 17.5 Å². The molecule has 7 nitrogen and oxygen atoms in total. The first-order chi connectivity index (χ1) is 13.8. The molecule has 4 N–H and O–H groups in total. The summed E-state index contributed by atoms with van der Waals surface area (Å²) in [5.74, 6) is -5.10. The van der Waals surface area contributed by atoms with Gasteiger partial charge in [0.05, 0.1) is 22.8 Å². The van der Waals surface area contributed by atoms with Gasteiger partial charge in [-0.15, -0.1) is 0 Å². The molecule has 2 aromatic carbocycles. The number of fused-ring (bicyclic) bond motifs is 1. The first-order valence-electron chi connectivity index (χ1n) is 8.35. The number of hydrogen-bond donors (Lipinski definition) is 3. The molecule has 3 aromatic rings. The van der Waals surface area contributed by atoms with Crippen molar-refractivity contribution in [3.8, 4) is 0 Å². The van der Waals surface area contributed by atoms with E-state index in [1.807, 2.05) is 0 Å². The maximum Gasteiger partial charge on any atom is 0.231 e. The average Bonchev–Trinajstić information content (AvgIpc) is 2.68. The molecule has 1 atom stereocenters. The van der Waals surface area contributed by atoms with Gasteiger partial charge in [-0.05, 0) is 42.7 Å². The fourth-order valence-electron chi connectivity index (χ4n) is 2.79. The highest BCUT2D eigenvalue weighted by molar-refractivity contribution is 7.77. The van der Waals surface area contributed by atoms with Gasteiger partial charge in [0.15, 0.2) is 17.4 Å². The lowest BCUT2D eigenvalue weighted by Crippen LogP contribution is -2.18. The van der Waals surface area contributed by atoms with Crippen LogP contribution in [-0.4, -0.2) is 31.1 Å². The Morgan fingerprint density at radius 2 is 1.93 bits per heavy atom. The Labute approximate surface area is 165 Å². The molecule has 0 aliphatic carbocycles. The first kappa shape index (κ1) is 20.8. The highest BCUT2D eigenvalue weighted by Gasteiger charge is 2.25. The number of aryl methyl sites for hydroxylation is 1. The quantitative estimate of drug-likeness (QED) is 0.232. The molecule has 0 amide bonds. The van der Waals surface area contributed by atoms with Gasteiger partial charge in [0.1, 0.15) is 11.6 Å². The summed E-state index contributed by atoms with van der Waals surface area (Å²) in [6, 6.07) is 4.68. The van der Waals surface area contributed by atoms with Crippen LogP contribution in [0.2, 0.25) is 0 Å². The van der Waals surface area contributed by atoms with Crippen molar-refractivity contribution in [1.29, 1.82) is 0 Å². The molecule has 152 valence electrons. The van der Waals surface area contributed by atoms with E-state index in [0.717, 1.165) is 0 Å². The number of nitrogen functional groups attached to an aromatic ring is 1. The van der Waals surface area contributed by atoms with Crippen molar-refractivity contribution in [2.45, 2.75) is 12.8 Å². The van der Waals surface area contributed by atoms with Crippen molar-refractivity contribution in [2.75, 3.05) is 12.3 Å². The van der Waals surface area contributed by atoms with E-state index in [0.29, 0.717) is 11.6 Å². The summed E-state index contributed by atoms with van der Waals surface area (Å²) in [6.07, 6.45) is 1.41.